The topological polar surface area (TPSA) is 127 Å². The van der Waals surface area contributed by atoms with Crippen LogP contribution in [0.15, 0.2) is 36.8 Å². The molecule has 1 aromatic carbocycles. The molecule has 5 atom stereocenters. The first-order chi connectivity index (χ1) is 13.8. The van der Waals surface area contributed by atoms with Gasteiger partial charge in [-0.2, -0.15) is 0 Å². The van der Waals surface area contributed by atoms with Gasteiger partial charge >= 0.3 is 0 Å². The molecule has 8 nitrogen and oxygen atoms in total. The molecule has 29 heavy (non-hydrogen) atoms. The first-order valence-corrected chi connectivity index (χ1v) is 9.06. The molecule has 1 unspecified atom stereocenters. The molecule has 152 valence electrons. The van der Waals surface area contributed by atoms with Crippen LogP contribution in [0.25, 0.3) is 11.0 Å². The summed E-state index contributed by atoms with van der Waals surface area (Å²) in [5, 5.41) is 32.3. The Morgan fingerprint density at radius 3 is 2.72 bits per heavy atom. The van der Waals surface area contributed by atoms with E-state index in [-0.39, 0.29) is 11.4 Å². The highest BCUT2D eigenvalue weighted by Crippen LogP contribution is 2.45. The number of nitrogens with two attached hydrogens (primary N) is 1. The predicted molar refractivity (Wildman–Crippen MR) is 96.9 cm³/mol. The number of aromatic nitrogens is 3. The minimum atomic E-state index is -2.84. The zero-order valence-corrected chi connectivity index (χ0v) is 15.0. The second kappa shape index (κ2) is 6.17. The van der Waals surface area contributed by atoms with Crippen molar-refractivity contribution in [1.29, 1.82) is 0 Å². The number of rotatable bonds is 3. The second-order valence-electron chi connectivity index (χ2n) is 7.43. The van der Waals surface area contributed by atoms with Gasteiger partial charge in [0.05, 0.1) is 5.39 Å². The maximum Gasteiger partial charge on any atom is 0.277 e. The predicted octanol–water partition coefficient (Wildman–Crippen LogP) is 1.01. The average molecular weight is 404 g/mol. The van der Waals surface area contributed by atoms with Gasteiger partial charge in [-0.1, -0.05) is 18.2 Å². The van der Waals surface area contributed by atoms with Gasteiger partial charge in [0.2, 0.25) is 0 Å². The Labute approximate surface area is 163 Å². The SMILES string of the molecule is Nc1ncnc2c1ccn2[C@@H]1O[C@H](C(O)c2ccc3c(c2)CC3(F)F)[C@@H](O)[C@H]1O. The molecule has 10 heteroatoms. The number of nitrogens with zero attached hydrogens (tertiary/aromatic N) is 3. The highest BCUT2D eigenvalue weighted by Gasteiger charge is 2.48. The van der Waals surface area contributed by atoms with Crippen LogP contribution in [0.3, 0.4) is 0 Å². The maximum absolute atomic E-state index is 13.5. The number of nitrogen functional groups attached to an aromatic ring is 1. The van der Waals surface area contributed by atoms with Crippen LogP contribution >= 0.6 is 0 Å². The van der Waals surface area contributed by atoms with E-state index < -0.39 is 43.0 Å². The van der Waals surface area contributed by atoms with E-state index in [1.165, 1.54) is 29.1 Å². The second-order valence-corrected chi connectivity index (χ2v) is 7.43. The summed E-state index contributed by atoms with van der Waals surface area (Å²) < 4.78 is 34.2. The van der Waals surface area contributed by atoms with E-state index in [0.29, 0.717) is 22.2 Å². The average Bonchev–Trinajstić information content (AvgIpc) is 3.23. The highest BCUT2D eigenvalue weighted by atomic mass is 19.3. The Bertz CT molecular complexity index is 1110. The first-order valence-electron chi connectivity index (χ1n) is 9.06. The minimum absolute atomic E-state index is 0.0599. The molecule has 0 spiro atoms. The standard InChI is InChI=1S/C19H18F2N4O4/c20-19(21)6-9-5-8(1-2-11(9)19)12(26)15-13(27)14(28)18(29-15)25-4-3-10-16(22)23-7-24-17(10)25/h1-5,7,12-15,18,26-28H,6H2,(H2,22,23,24)/t12?,13-,14+,15+,18+/m0/s1. The normalized spacial score (nSPS) is 28.9. The molecule has 0 saturated carbocycles. The number of hydrogen-bond donors (Lipinski definition) is 4. The Hall–Kier alpha value is -2.66. The molecule has 2 aromatic heterocycles. The molecule has 1 fully saturated rings. The van der Waals surface area contributed by atoms with E-state index in [1.54, 1.807) is 12.3 Å². The van der Waals surface area contributed by atoms with E-state index in [1.807, 2.05) is 0 Å². The molecule has 3 aromatic rings. The first kappa shape index (κ1) is 18.4. The van der Waals surface area contributed by atoms with Gasteiger partial charge in [-0.25, -0.2) is 18.7 Å². The fraction of sp³-hybridized carbons (Fsp3) is 0.368. The number of fused-ring (bicyclic) bond motifs is 2. The third-order valence-electron chi connectivity index (χ3n) is 5.68. The van der Waals surface area contributed by atoms with E-state index in [9.17, 15) is 24.1 Å². The molecule has 1 aliphatic carbocycles. The van der Waals surface area contributed by atoms with Crippen molar-refractivity contribution in [3.8, 4) is 0 Å². The van der Waals surface area contributed by atoms with Gasteiger partial charge in [0.1, 0.15) is 42.2 Å². The van der Waals surface area contributed by atoms with E-state index in [0.717, 1.165) is 0 Å². The highest BCUT2D eigenvalue weighted by molar-refractivity contribution is 5.86. The number of halogens is 2. The maximum atomic E-state index is 13.5. The van der Waals surface area contributed by atoms with Crippen LogP contribution in [0.4, 0.5) is 14.6 Å². The van der Waals surface area contributed by atoms with Gasteiger partial charge in [-0.3, -0.25) is 0 Å². The summed E-state index contributed by atoms with van der Waals surface area (Å²) in [5.74, 6) is -2.58. The largest absolute Gasteiger partial charge is 0.387 e. The molecule has 5 N–H and O–H groups in total. The molecule has 3 heterocycles. The lowest BCUT2D eigenvalue weighted by Crippen LogP contribution is -2.35. The lowest BCUT2D eigenvalue weighted by Gasteiger charge is -2.31. The number of ether oxygens (including phenoxy) is 1. The lowest BCUT2D eigenvalue weighted by atomic mass is 9.82. The zero-order valence-electron chi connectivity index (χ0n) is 15.0. The summed E-state index contributed by atoms with van der Waals surface area (Å²) in [6.07, 6.45) is -3.77. The van der Waals surface area contributed by atoms with Crippen molar-refractivity contribution in [2.75, 3.05) is 5.73 Å². The van der Waals surface area contributed by atoms with Gasteiger partial charge in [-0.15, -0.1) is 0 Å². The summed E-state index contributed by atoms with van der Waals surface area (Å²) in [7, 11) is 0. The summed E-state index contributed by atoms with van der Waals surface area (Å²) in [4.78, 5) is 8.04. The van der Waals surface area contributed by atoms with Crippen molar-refractivity contribution in [2.24, 2.45) is 0 Å². The molecular formula is C19H18F2N4O4. The van der Waals surface area contributed by atoms with Crippen molar-refractivity contribution in [1.82, 2.24) is 14.5 Å². The van der Waals surface area contributed by atoms with Gasteiger partial charge in [0, 0.05) is 18.2 Å². The fourth-order valence-electron chi connectivity index (χ4n) is 4.09. The third-order valence-corrected chi connectivity index (χ3v) is 5.68. The van der Waals surface area contributed by atoms with E-state index in [2.05, 4.69) is 9.97 Å². The summed E-state index contributed by atoms with van der Waals surface area (Å²) in [6.45, 7) is 0. The lowest BCUT2D eigenvalue weighted by molar-refractivity contribution is -0.0850. The quantitative estimate of drug-likeness (QED) is 0.513. The van der Waals surface area contributed by atoms with Crippen LogP contribution < -0.4 is 5.73 Å². The molecule has 1 saturated heterocycles. The number of aliphatic hydroxyl groups is 3. The van der Waals surface area contributed by atoms with Gasteiger partial charge in [-0.05, 0) is 17.2 Å². The third kappa shape index (κ3) is 2.64. The van der Waals surface area contributed by atoms with E-state index in [4.69, 9.17) is 10.5 Å². The Morgan fingerprint density at radius 1 is 1.21 bits per heavy atom. The monoisotopic (exact) mass is 404 g/mol. The van der Waals surface area contributed by atoms with Gasteiger partial charge < -0.3 is 30.4 Å². The van der Waals surface area contributed by atoms with Crippen LogP contribution in [0.2, 0.25) is 0 Å². The van der Waals surface area contributed by atoms with Crippen LogP contribution in [0.5, 0.6) is 0 Å². The molecule has 0 radical (unpaired) electrons. The van der Waals surface area contributed by atoms with Crippen LogP contribution in [-0.2, 0) is 17.1 Å². The summed E-state index contributed by atoms with van der Waals surface area (Å²) in [6, 6.07) is 5.79. The minimum Gasteiger partial charge on any atom is -0.387 e. The van der Waals surface area contributed by atoms with Crippen LogP contribution in [0, 0.1) is 0 Å². The summed E-state index contributed by atoms with van der Waals surface area (Å²) in [5.41, 5.74) is 6.95. The number of hydrogen-bond acceptors (Lipinski definition) is 7. The smallest absolute Gasteiger partial charge is 0.277 e. The molecule has 1 aliphatic heterocycles. The Morgan fingerprint density at radius 2 is 2.00 bits per heavy atom. The van der Waals surface area contributed by atoms with Crippen molar-refractivity contribution in [3.05, 3.63) is 53.5 Å². The fourth-order valence-corrected chi connectivity index (χ4v) is 4.09. The number of anilines is 1. The van der Waals surface area contributed by atoms with Crippen LogP contribution in [-0.4, -0.2) is 48.2 Å². The van der Waals surface area contributed by atoms with Crippen LogP contribution in [0.1, 0.15) is 29.0 Å². The van der Waals surface area contributed by atoms with E-state index >= 15 is 0 Å². The number of alkyl halides is 2. The molecular weight excluding hydrogens is 386 g/mol. The Kier molecular flexibility index (Phi) is 3.91. The van der Waals surface area contributed by atoms with Crippen molar-refractivity contribution < 1.29 is 28.8 Å². The molecule has 5 rings (SSSR count). The zero-order chi connectivity index (χ0) is 20.5. The van der Waals surface area contributed by atoms with Gasteiger partial charge in [0.15, 0.2) is 6.23 Å². The number of benzene rings is 1. The molecule has 0 bridgehead atoms. The van der Waals surface area contributed by atoms with Crippen molar-refractivity contribution >= 4 is 16.9 Å². The molecule has 2 aliphatic rings. The molecule has 0 amide bonds. The Balaban J connectivity index is 1.44. The number of aliphatic hydroxyl groups excluding tert-OH is 3. The van der Waals surface area contributed by atoms with Crippen molar-refractivity contribution in [2.45, 2.75) is 43.0 Å². The van der Waals surface area contributed by atoms with Crippen molar-refractivity contribution in [3.63, 3.8) is 0 Å². The van der Waals surface area contributed by atoms with Gasteiger partial charge in [0.25, 0.3) is 5.92 Å². The summed E-state index contributed by atoms with van der Waals surface area (Å²) >= 11 is 0.